The van der Waals surface area contributed by atoms with Gasteiger partial charge in [0.15, 0.2) is 0 Å². The molecule has 3 amide bonds. The fourth-order valence-corrected chi connectivity index (χ4v) is 4.09. The molecule has 2 aliphatic rings. The van der Waals surface area contributed by atoms with E-state index in [1.807, 2.05) is 4.90 Å². The second-order valence-electron chi connectivity index (χ2n) is 7.36. The average Bonchev–Trinajstić information content (AvgIpc) is 2.94. The molecule has 0 atom stereocenters. The van der Waals surface area contributed by atoms with Crippen LogP contribution in [0.2, 0.25) is 0 Å². The molecular formula is C18H25Br2N5O7. The first-order valence-corrected chi connectivity index (χ1v) is 11.5. The number of halogens is 2. The molecule has 0 aromatic heterocycles. The van der Waals surface area contributed by atoms with Crippen molar-refractivity contribution in [2.45, 2.75) is 0 Å². The highest BCUT2D eigenvalue weighted by atomic mass is 79.9. The second-order valence-corrected chi connectivity index (χ2v) is 8.94. The summed E-state index contributed by atoms with van der Waals surface area (Å²) in [7, 11) is 0. The number of nitrogens with zero attached hydrogens (tertiary/aromatic N) is 4. The number of amides is 3. The van der Waals surface area contributed by atoms with Gasteiger partial charge in [-0.05, 0) is 31.9 Å². The molecule has 2 rings (SSSR count). The van der Waals surface area contributed by atoms with E-state index in [2.05, 4.69) is 37.2 Å². The molecule has 0 saturated carbocycles. The van der Waals surface area contributed by atoms with Gasteiger partial charge in [0.25, 0.3) is 11.8 Å². The standard InChI is InChI=1S/C18H25Br2N5O7/c19-15-16(20)18(32)25(17(15)31)2-1-21-12(26)9-22-3-5-23(10-13(27)28)7-8-24(6-4-22)11-14(29)30/h1-11H2,(H,21,26)(H,27,28)(H,29,30). The molecule has 0 aromatic carbocycles. The molecule has 0 radical (unpaired) electrons. The van der Waals surface area contributed by atoms with E-state index in [0.717, 1.165) is 4.90 Å². The molecular weight excluding hydrogens is 558 g/mol. The van der Waals surface area contributed by atoms with E-state index >= 15 is 0 Å². The summed E-state index contributed by atoms with van der Waals surface area (Å²) in [5.74, 6) is -3.22. The van der Waals surface area contributed by atoms with Crippen LogP contribution in [-0.2, 0) is 24.0 Å². The first-order chi connectivity index (χ1) is 15.1. The third kappa shape index (κ3) is 7.92. The maximum absolute atomic E-state index is 12.4. The van der Waals surface area contributed by atoms with Crippen molar-refractivity contribution in [3.63, 3.8) is 0 Å². The average molecular weight is 583 g/mol. The number of hydrogen-bond acceptors (Lipinski definition) is 8. The summed E-state index contributed by atoms with van der Waals surface area (Å²) in [6.45, 7) is 2.34. The third-order valence-corrected chi connectivity index (χ3v) is 7.00. The molecule has 0 unspecified atom stereocenters. The lowest BCUT2D eigenvalue weighted by molar-refractivity contribution is -0.140. The van der Waals surface area contributed by atoms with Gasteiger partial charge >= 0.3 is 11.9 Å². The Labute approximate surface area is 201 Å². The number of aliphatic carboxylic acids is 2. The van der Waals surface area contributed by atoms with Crippen LogP contribution in [0.25, 0.3) is 0 Å². The quantitative estimate of drug-likeness (QED) is 0.276. The fourth-order valence-electron chi connectivity index (χ4n) is 3.33. The number of carbonyl (C=O) groups is 5. The van der Waals surface area contributed by atoms with Gasteiger partial charge in [-0.25, -0.2) is 0 Å². The molecule has 12 nitrogen and oxygen atoms in total. The van der Waals surface area contributed by atoms with Crippen LogP contribution in [0.4, 0.5) is 0 Å². The minimum atomic E-state index is -0.975. The van der Waals surface area contributed by atoms with Crippen LogP contribution < -0.4 is 5.32 Å². The number of carboxylic acid groups (broad SMARTS) is 2. The first-order valence-electron chi connectivity index (χ1n) is 9.87. The van der Waals surface area contributed by atoms with Crippen molar-refractivity contribution in [3.8, 4) is 0 Å². The molecule has 32 heavy (non-hydrogen) atoms. The van der Waals surface area contributed by atoms with Gasteiger partial charge in [-0.2, -0.15) is 0 Å². The number of carbonyl (C=O) groups excluding carboxylic acids is 3. The zero-order chi connectivity index (χ0) is 23.8. The summed E-state index contributed by atoms with van der Waals surface area (Å²) >= 11 is 6.08. The Hall–Kier alpha value is -1.87. The minimum Gasteiger partial charge on any atom is -0.480 e. The Balaban J connectivity index is 1.87. The molecule has 0 aromatic rings. The molecule has 1 fully saturated rings. The highest BCUT2D eigenvalue weighted by Gasteiger charge is 2.35. The van der Waals surface area contributed by atoms with Crippen molar-refractivity contribution < 1.29 is 34.2 Å². The Kier molecular flexibility index (Phi) is 10.2. The van der Waals surface area contributed by atoms with Crippen molar-refractivity contribution in [1.29, 1.82) is 0 Å². The first kappa shape index (κ1) is 26.4. The lowest BCUT2D eigenvalue weighted by Crippen LogP contribution is -2.45. The van der Waals surface area contributed by atoms with Gasteiger partial charge in [-0.1, -0.05) is 0 Å². The lowest BCUT2D eigenvalue weighted by atomic mass is 10.4. The van der Waals surface area contributed by atoms with Crippen LogP contribution in [0.1, 0.15) is 0 Å². The summed E-state index contributed by atoms with van der Waals surface area (Å²) in [4.78, 5) is 64.8. The Morgan fingerprint density at radius 2 is 1.12 bits per heavy atom. The Morgan fingerprint density at radius 3 is 1.50 bits per heavy atom. The molecule has 178 valence electrons. The maximum atomic E-state index is 12.4. The highest BCUT2D eigenvalue weighted by molar-refractivity contribution is 9.14. The topological polar surface area (TPSA) is 151 Å². The molecule has 3 N–H and O–H groups in total. The Morgan fingerprint density at radius 1 is 0.750 bits per heavy atom. The van der Waals surface area contributed by atoms with Gasteiger partial charge < -0.3 is 15.5 Å². The smallest absolute Gasteiger partial charge is 0.317 e. The number of imide groups is 1. The second kappa shape index (κ2) is 12.4. The number of rotatable bonds is 9. The van der Waals surface area contributed by atoms with Gasteiger partial charge in [-0.15, -0.1) is 0 Å². The lowest BCUT2D eigenvalue weighted by Gasteiger charge is -2.24. The minimum absolute atomic E-state index is 0.0202. The summed E-state index contributed by atoms with van der Waals surface area (Å²) in [6, 6.07) is 0. The molecule has 0 aliphatic carbocycles. The molecule has 0 spiro atoms. The monoisotopic (exact) mass is 581 g/mol. The van der Waals surface area contributed by atoms with Crippen LogP contribution in [0.15, 0.2) is 8.96 Å². The van der Waals surface area contributed by atoms with E-state index in [9.17, 15) is 24.0 Å². The summed E-state index contributed by atoms with van der Waals surface area (Å²) in [5.41, 5.74) is 0. The van der Waals surface area contributed by atoms with E-state index in [1.54, 1.807) is 9.80 Å². The SMILES string of the molecule is O=C(O)CN1CCN(CC(=O)O)CCN(CC(=O)NCCN2C(=O)C(Br)=C(Br)C2=O)CC1. The van der Waals surface area contributed by atoms with E-state index in [4.69, 9.17) is 10.2 Å². The summed E-state index contributed by atoms with van der Waals surface area (Å²) < 4.78 is 0.282. The van der Waals surface area contributed by atoms with Gasteiger partial charge in [0.05, 0.1) is 19.6 Å². The van der Waals surface area contributed by atoms with Crippen molar-refractivity contribution in [3.05, 3.63) is 8.96 Å². The molecule has 0 bridgehead atoms. The Bertz CT molecular complexity index is 755. The number of hydrogen-bond donors (Lipinski definition) is 3. The van der Waals surface area contributed by atoms with Gasteiger partial charge in [0.2, 0.25) is 5.91 Å². The van der Waals surface area contributed by atoms with Gasteiger partial charge in [-0.3, -0.25) is 43.6 Å². The number of carboxylic acids is 2. The maximum Gasteiger partial charge on any atom is 0.317 e. The van der Waals surface area contributed by atoms with E-state index in [-0.39, 0.29) is 47.6 Å². The normalized spacial score (nSPS) is 19.6. The predicted molar refractivity (Wildman–Crippen MR) is 119 cm³/mol. The summed E-state index contributed by atoms with van der Waals surface area (Å²) in [5, 5.41) is 20.9. The van der Waals surface area contributed by atoms with E-state index in [0.29, 0.717) is 39.3 Å². The molecule has 2 heterocycles. The molecule has 1 saturated heterocycles. The van der Waals surface area contributed by atoms with E-state index in [1.165, 1.54) is 0 Å². The van der Waals surface area contributed by atoms with Crippen molar-refractivity contribution in [2.75, 3.05) is 72.0 Å². The van der Waals surface area contributed by atoms with Crippen LogP contribution in [-0.4, -0.2) is 131 Å². The zero-order valence-corrected chi connectivity index (χ0v) is 20.4. The van der Waals surface area contributed by atoms with Gasteiger partial charge in [0, 0.05) is 52.4 Å². The third-order valence-electron chi connectivity index (χ3n) is 5.00. The van der Waals surface area contributed by atoms with Crippen LogP contribution >= 0.6 is 31.9 Å². The molecule has 2 aliphatic heterocycles. The predicted octanol–water partition coefficient (Wildman–Crippen LogP) is -1.44. The fraction of sp³-hybridized carbons (Fsp3) is 0.611. The van der Waals surface area contributed by atoms with Crippen molar-refractivity contribution >= 4 is 61.5 Å². The zero-order valence-electron chi connectivity index (χ0n) is 17.3. The van der Waals surface area contributed by atoms with E-state index < -0.39 is 23.8 Å². The largest absolute Gasteiger partial charge is 0.480 e. The van der Waals surface area contributed by atoms with Gasteiger partial charge in [0.1, 0.15) is 8.96 Å². The van der Waals surface area contributed by atoms with Crippen LogP contribution in [0.3, 0.4) is 0 Å². The van der Waals surface area contributed by atoms with Crippen molar-refractivity contribution in [2.24, 2.45) is 0 Å². The van der Waals surface area contributed by atoms with Crippen molar-refractivity contribution in [1.82, 2.24) is 24.9 Å². The molecule has 14 heteroatoms. The van der Waals surface area contributed by atoms with Crippen LogP contribution in [0.5, 0.6) is 0 Å². The van der Waals surface area contributed by atoms with Crippen LogP contribution in [0, 0.1) is 0 Å². The summed E-state index contributed by atoms with van der Waals surface area (Å²) in [6.07, 6.45) is 0. The highest BCUT2D eigenvalue weighted by Crippen LogP contribution is 2.28. The number of nitrogens with one attached hydrogen (secondary N) is 1.